The largest absolute Gasteiger partial charge is 0.496 e. The first kappa shape index (κ1) is 11.4. The van der Waals surface area contributed by atoms with Gasteiger partial charge < -0.3 is 10.1 Å². The summed E-state index contributed by atoms with van der Waals surface area (Å²) in [5.74, 6) is 0.654. The highest BCUT2D eigenvalue weighted by Gasteiger charge is 2.18. The molecule has 0 saturated carbocycles. The topological polar surface area (TPSA) is 21.3 Å². The Balaban J connectivity index is 2.23. The highest BCUT2D eigenvalue weighted by molar-refractivity contribution is 5.41. The molecule has 1 aliphatic rings. The molecule has 1 N–H and O–H groups in total. The molecule has 0 aliphatic carbocycles. The smallest absolute Gasteiger partial charge is 0.125 e. The maximum atomic E-state index is 13.3. The minimum absolute atomic E-state index is 0.175. The number of rotatable bonds is 3. The monoisotopic (exact) mass is 223 g/mol. The van der Waals surface area contributed by atoms with Crippen molar-refractivity contribution in [3.05, 3.63) is 29.1 Å². The van der Waals surface area contributed by atoms with Crippen molar-refractivity contribution in [1.82, 2.24) is 5.32 Å². The van der Waals surface area contributed by atoms with Crippen LogP contribution in [0.1, 0.15) is 24.0 Å². The number of hydrogen-bond donors (Lipinski definition) is 1. The second kappa shape index (κ2) is 4.83. The highest BCUT2D eigenvalue weighted by Crippen LogP contribution is 2.27. The van der Waals surface area contributed by atoms with E-state index in [-0.39, 0.29) is 5.82 Å². The molecule has 16 heavy (non-hydrogen) atoms. The standard InChI is InChI=1S/C13H18FNO/c1-9-6-11(14)7-10(13(9)16-2)8-12-4-3-5-15-12/h6-7,12,15H,3-5,8H2,1-2H3. The fourth-order valence-electron chi connectivity index (χ4n) is 2.44. The summed E-state index contributed by atoms with van der Waals surface area (Å²) in [7, 11) is 1.64. The molecule has 0 amide bonds. The number of methoxy groups -OCH3 is 1. The zero-order valence-electron chi connectivity index (χ0n) is 9.85. The van der Waals surface area contributed by atoms with E-state index in [4.69, 9.17) is 4.74 Å². The van der Waals surface area contributed by atoms with Gasteiger partial charge in [-0.3, -0.25) is 0 Å². The van der Waals surface area contributed by atoms with Gasteiger partial charge in [-0.15, -0.1) is 0 Å². The van der Waals surface area contributed by atoms with Gasteiger partial charge in [-0.2, -0.15) is 0 Å². The van der Waals surface area contributed by atoms with Crippen LogP contribution in [0.25, 0.3) is 0 Å². The molecule has 0 spiro atoms. The van der Waals surface area contributed by atoms with Crippen LogP contribution in [-0.2, 0) is 6.42 Å². The first-order valence-corrected chi connectivity index (χ1v) is 5.77. The van der Waals surface area contributed by atoms with Crippen LogP contribution in [0.5, 0.6) is 5.75 Å². The Kier molecular flexibility index (Phi) is 3.44. The molecule has 0 aromatic heterocycles. The molecule has 1 aliphatic heterocycles. The second-order valence-corrected chi connectivity index (χ2v) is 4.41. The normalized spacial score (nSPS) is 20.1. The molecule has 2 nitrogen and oxygen atoms in total. The van der Waals surface area contributed by atoms with E-state index < -0.39 is 0 Å². The van der Waals surface area contributed by atoms with Gasteiger partial charge in [-0.25, -0.2) is 4.39 Å². The third kappa shape index (κ3) is 2.35. The van der Waals surface area contributed by atoms with Crippen LogP contribution >= 0.6 is 0 Å². The number of hydrogen-bond acceptors (Lipinski definition) is 2. The Labute approximate surface area is 95.8 Å². The molecule has 1 saturated heterocycles. The van der Waals surface area contributed by atoms with E-state index in [9.17, 15) is 4.39 Å². The number of halogens is 1. The van der Waals surface area contributed by atoms with Crippen LogP contribution in [0.4, 0.5) is 4.39 Å². The van der Waals surface area contributed by atoms with E-state index in [0.717, 1.165) is 29.8 Å². The van der Waals surface area contributed by atoms with Crippen molar-refractivity contribution in [2.45, 2.75) is 32.2 Å². The Morgan fingerprint density at radius 1 is 1.50 bits per heavy atom. The van der Waals surface area contributed by atoms with Gasteiger partial charge in [0.25, 0.3) is 0 Å². The fourth-order valence-corrected chi connectivity index (χ4v) is 2.44. The van der Waals surface area contributed by atoms with Crippen molar-refractivity contribution >= 4 is 0 Å². The van der Waals surface area contributed by atoms with Crippen molar-refractivity contribution in [1.29, 1.82) is 0 Å². The van der Waals surface area contributed by atoms with Gasteiger partial charge in [-0.1, -0.05) is 0 Å². The number of benzene rings is 1. The van der Waals surface area contributed by atoms with Crippen LogP contribution in [0, 0.1) is 12.7 Å². The molecular formula is C13H18FNO. The Hall–Kier alpha value is -1.09. The third-order valence-corrected chi connectivity index (χ3v) is 3.15. The molecule has 2 rings (SSSR count). The molecule has 1 heterocycles. The van der Waals surface area contributed by atoms with Gasteiger partial charge in [-0.05, 0) is 56.0 Å². The first-order valence-electron chi connectivity index (χ1n) is 5.77. The van der Waals surface area contributed by atoms with Crippen molar-refractivity contribution in [3.8, 4) is 5.75 Å². The zero-order chi connectivity index (χ0) is 11.5. The maximum absolute atomic E-state index is 13.3. The molecule has 1 atom stereocenters. The van der Waals surface area contributed by atoms with Crippen molar-refractivity contribution in [2.75, 3.05) is 13.7 Å². The summed E-state index contributed by atoms with van der Waals surface area (Å²) in [5.41, 5.74) is 1.84. The van der Waals surface area contributed by atoms with Gasteiger partial charge in [0.2, 0.25) is 0 Å². The molecule has 3 heteroatoms. The number of aryl methyl sites for hydroxylation is 1. The van der Waals surface area contributed by atoms with E-state index in [0.29, 0.717) is 6.04 Å². The fraction of sp³-hybridized carbons (Fsp3) is 0.538. The van der Waals surface area contributed by atoms with Gasteiger partial charge >= 0.3 is 0 Å². The Bertz CT molecular complexity index is 372. The minimum Gasteiger partial charge on any atom is -0.496 e. The molecular weight excluding hydrogens is 205 g/mol. The zero-order valence-corrected chi connectivity index (χ0v) is 9.85. The molecule has 1 aromatic rings. The first-order chi connectivity index (χ1) is 7.70. The molecule has 1 fully saturated rings. The van der Waals surface area contributed by atoms with E-state index >= 15 is 0 Å². The molecule has 0 bridgehead atoms. The average Bonchev–Trinajstić information content (AvgIpc) is 2.70. The summed E-state index contributed by atoms with van der Waals surface area (Å²) >= 11 is 0. The van der Waals surface area contributed by atoms with Crippen molar-refractivity contribution in [2.24, 2.45) is 0 Å². The van der Waals surface area contributed by atoms with E-state index in [1.807, 2.05) is 6.92 Å². The van der Waals surface area contributed by atoms with Crippen LogP contribution in [0.2, 0.25) is 0 Å². The summed E-state index contributed by atoms with van der Waals surface area (Å²) in [6.45, 7) is 2.95. The SMILES string of the molecule is COc1c(C)cc(F)cc1CC1CCCN1. The van der Waals surface area contributed by atoms with Gasteiger partial charge in [0.1, 0.15) is 11.6 Å². The molecule has 0 radical (unpaired) electrons. The molecule has 1 unspecified atom stereocenters. The van der Waals surface area contributed by atoms with Crippen molar-refractivity contribution < 1.29 is 9.13 Å². The van der Waals surface area contributed by atoms with Gasteiger partial charge in [0.15, 0.2) is 0 Å². The minimum atomic E-state index is -0.175. The van der Waals surface area contributed by atoms with Crippen LogP contribution < -0.4 is 10.1 Å². The number of nitrogens with one attached hydrogen (secondary N) is 1. The Morgan fingerprint density at radius 3 is 2.94 bits per heavy atom. The van der Waals surface area contributed by atoms with Crippen LogP contribution in [0.3, 0.4) is 0 Å². The van der Waals surface area contributed by atoms with Crippen LogP contribution in [-0.4, -0.2) is 19.7 Å². The lowest BCUT2D eigenvalue weighted by atomic mass is 10.0. The van der Waals surface area contributed by atoms with E-state index in [1.165, 1.54) is 18.9 Å². The third-order valence-electron chi connectivity index (χ3n) is 3.15. The van der Waals surface area contributed by atoms with Gasteiger partial charge in [0, 0.05) is 6.04 Å². The quantitative estimate of drug-likeness (QED) is 0.849. The van der Waals surface area contributed by atoms with Crippen LogP contribution in [0.15, 0.2) is 12.1 Å². The maximum Gasteiger partial charge on any atom is 0.125 e. The Morgan fingerprint density at radius 2 is 2.31 bits per heavy atom. The van der Waals surface area contributed by atoms with E-state index in [2.05, 4.69) is 5.32 Å². The summed E-state index contributed by atoms with van der Waals surface area (Å²) in [6.07, 6.45) is 3.22. The molecule has 88 valence electrons. The summed E-state index contributed by atoms with van der Waals surface area (Å²) in [4.78, 5) is 0. The van der Waals surface area contributed by atoms with Gasteiger partial charge in [0.05, 0.1) is 7.11 Å². The lowest BCUT2D eigenvalue weighted by Gasteiger charge is -2.15. The number of ether oxygens (including phenoxy) is 1. The summed E-state index contributed by atoms with van der Waals surface area (Å²) in [6, 6.07) is 3.58. The average molecular weight is 223 g/mol. The summed E-state index contributed by atoms with van der Waals surface area (Å²) < 4.78 is 18.7. The lowest BCUT2D eigenvalue weighted by Crippen LogP contribution is -2.24. The van der Waals surface area contributed by atoms with E-state index in [1.54, 1.807) is 13.2 Å². The highest BCUT2D eigenvalue weighted by atomic mass is 19.1. The predicted molar refractivity (Wildman–Crippen MR) is 62.4 cm³/mol. The molecule has 1 aromatic carbocycles. The second-order valence-electron chi connectivity index (χ2n) is 4.41. The predicted octanol–water partition coefficient (Wildman–Crippen LogP) is 2.44. The van der Waals surface area contributed by atoms with Crippen molar-refractivity contribution in [3.63, 3.8) is 0 Å². The summed E-state index contributed by atoms with van der Waals surface area (Å²) in [5, 5.41) is 3.42. The lowest BCUT2D eigenvalue weighted by molar-refractivity contribution is 0.402.